The number of para-hydroxylation sites is 2. The van der Waals surface area contributed by atoms with E-state index in [4.69, 9.17) is 0 Å². The van der Waals surface area contributed by atoms with E-state index >= 15 is 0 Å². The van der Waals surface area contributed by atoms with Gasteiger partial charge in [0.15, 0.2) is 11.6 Å². The third-order valence-corrected chi connectivity index (χ3v) is 3.19. The SMILES string of the molecule is CN(C)c1ncc(NC(=O)Nc2ccccc2OC(F)(F)F)c(N(C)C)n1. The van der Waals surface area contributed by atoms with Crippen LogP contribution in [0.4, 0.5) is 41.1 Å². The predicted molar refractivity (Wildman–Crippen MR) is 96.5 cm³/mol. The van der Waals surface area contributed by atoms with Gasteiger partial charge in [0.2, 0.25) is 5.95 Å². The zero-order valence-corrected chi connectivity index (χ0v) is 15.1. The van der Waals surface area contributed by atoms with Crippen LogP contribution in [0.2, 0.25) is 0 Å². The van der Waals surface area contributed by atoms with Gasteiger partial charge in [-0.3, -0.25) is 0 Å². The minimum atomic E-state index is -4.87. The topological polar surface area (TPSA) is 82.6 Å². The molecule has 1 heterocycles. The Labute approximate surface area is 154 Å². The molecule has 2 N–H and O–H groups in total. The fraction of sp³-hybridized carbons (Fsp3) is 0.312. The first-order valence-electron chi connectivity index (χ1n) is 7.71. The summed E-state index contributed by atoms with van der Waals surface area (Å²) >= 11 is 0. The lowest BCUT2D eigenvalue weighted by Crippen LogP contribution is -2.24. The van der Waals surface area contributed by atoms with Crippen molar-refractivity contribution in [1.82, 2.24) is 9.97 Å². The van der Waals surface area contributed by atoms with Crippen molar-refractivity contribution in [2.45, 2.75) is 6.36 Å². The van der Waals surface area contributed by atoms with Crippen LogP contribution in [0.1, 0.15) is 0 Å². The van der Waals surface area contributed by atoms with Crippen molar-refractivity contribution in [3.8, 4) is 5.75 Å². The highest BCUT2D eigenvalue weighted by Gasteiger charge is 2.32. The molecule has 1 aromatic heterocycles. The van der Waals surface area contributed by atoms with E-state index in [2.05, 4.69) is 25.3 Å². The summed E-state index contributed by atoms with van der Waals surface area (Å²) in [6, 6.07) is 4.46. The number of rotatable bonds is 5. The van der Waals surface area contributed by atoms with Crippen LogP contribution >= 0.6 is 0 Å². The van der Waals surface area contributed by atoms with Crippen LogP contribution < -0.4 is 25.2 Å². The molecule has 0 saturated carbocycles. The van der Waals surface area contributed by atoms with Crippen LogP contribution in [0, 0.1) is 0 Å². The summed E-state index contributed by atoms with van der Waals surface area (Å²) in [7, 11) is 7.01. The number of benzene rings is 1. The van der Waals surface area contributed by atoms with E-state index in [1.165, 1.54) is 24.4 Å². The molecule has 0 bridgehead atoms. The summed E-state index contributed by atoms with van der Waals surface area (Å²) in [5.41, 5.74) is 0.155. The van der Waals surface area contributed by atoms with Gasteiger partial charge >= 0.3 is 12.4 Å². The Morgan fingerprint density at radius 1 is 1.04 bits per heavy atom. The van der Waals surface area contributed by atoms with Gasteiger partial charge in [0.05, 0.1) is 11.9 Å². The molecule has 0 aliphatic heterocycles. The van der Waals surface area contributed by atoms with Gasteiger partial charge in [0, 0.05) is 28.2 Å². The van der Waals surface area contributed by atoms with Gasteiger partial charge < -0.3 is 25.2 Å². The molecule has 0 atom stereocenters. The number of hydrogen-bond donors (Lipinski definition) is 2. The van der Waals surface area contributed by atoms with Crippen molar-refractivity contribution in [1.29, 1.82) is 0 Å². The monoisotopic (exact) mass is 384 g/mol. The molecule has 0 spiro atoms. The van der Waals surface area contributed by atoms with Crippen LogP contribution in [-0.2, 0) is 0 Å². The Kier molecular flexibility index (Phi) is 5.93. The second-order valence-electron chi connectivity index (χ2n) is 5.82. The Morgan fingerprint density at radius 2 is 1.67 bits per heavy atom. The maximum Gasteiger partial charge on any atom is 0.573 e. The second kappa shape index (κ2) is 7.98. The van der Waals surface area contributed by atoms with E-state index in [0.717, 1.165) is 6.07 Å². The number of amides is 2. The van der Waals surface area contributed by atoms with Gasteiger partial charge in [-0.05, 0) is 12.1 Å². The molecule has 2 aromatic rings. The molecule has 1 aromatic carbocycles. The average Bonchev–Trinajstić information content (AvgIpc) is 2.55. The lowest BCUT2D eigenvalue weighted by Gasteiger charge is -2.19. The minimum Gasteiger partial charge on any atom is -0.404 e. The molecule has 2 rings (SSSR count). The lowest BCUT2D eigenvalue weighted by molar-refractivity contribution is -0.274. The molecule has 11 heteroatoms. The van der Waals surface area contributed by atoms with Gasteiger partial charge in [-0.1, -0.05) is 12.1 Å². The molecule has 8 nitrogen and oxygen atoms in total. The number of ether oxygens (including phenoxy) is 1. The summed E-state index contributed by atoms with van der Waals surface area (Å²) in [6.07, 6.45) is -3.46. The predicted octanol–water partition coefficient (Wildman–Crippen LogP) is 3.15. The first-order chi connectivity index (χ1) is 12.6. The van der Waals surface area contributed by atoms with Gasteiger partial charge in [-0.15, -0.1) is 13.2 Å². The number of halogens is 3. The van der Waals surface area contributed by atoms with Crippen LogP contribution in [0.3, 0.4) is 0 Å². The van der Waals surface area contributed by atoms with Crippen molar-refractivity contribution in [2.24, 2.45) is 0 Å². The molecule has 0 fully saturated rings. The zero-order chi connectivity index (χ0) is 20.2. The van der Waals surface area contributed by atoms with Crippen molar-refractivity contribution in [3.05, 3.63) is 30.5 Å². The van der Waals surface area contributed by atoms with Crippen LogP contribution in [0.15, 0.2) is 30.5 Å². The molecule has 146 valence electrons. The van der Waals surface area contributed by atoms with Gasteiger partial charge in [0.1, 0.15) is 5.69 Å². The third kappa shape index (κ3) is 5.62. The number of aromatic nitrogens is 2. The van der Waals surface area contributed by atoms with E-state index in [0.29, 0.717) is 11.8 Å². The number of alkyl halides is 3. The largest absolute Gasteiger partial charge is 0.573 e. The van der Waals surface area contributed by atoms with E-state index in [-0.39, 0.29) is 11.4 Å². The van der Waals surface area contributed by atoms with E-state index in [1.807, 2.05) is 0 Å². The molecular formula is C16H19F3N6O2. The normalized spacial score (nSPS) is 10.9. The second-order valence-corrected chi connectivity index (χ2v) is 5.82. The number of carbonyl (C=O) groups is 1. The number of hydrogen-bond acceptors (Lipinski definition) is 6. The lowest BCUT2D eigenvalue weighted by atomic mass is 10.3. The zero-order valence-electron chi connectivity index (χ0n) is 15.1. The van der Waals surface area contributed by atoms with Crippen molar-refractivity contribution >= 4 is 29.2 Å². The number of nitrogens with zero attached hydrogens (tertiary/aromatic N) is 4. The summed E-state index contributed by atoms with van der Waals surface area (Å²) in [6.45, 7) is 0. The minimum absolute atomic E-state index is 0.135. The number of urea groups is 1. The first-order valence-corrected chi connectivity index (χ1v) is 7.71. The number of anilines is 4. The first kappa shape index (κ1) is 20.1. The Hall–Kier alpha value is -3.24. The molecule has 0 unspecified atom stereocenters. The summed E-state index contributed by atoms with van der Waals surface area (Å²) < 4.78 is 41.3. The van der Waals surface area contributed by atoms with E-state index in [9.17, 15) is 18.0 Å². The summed E-state index contributed by atoms with van der Waals surface area (Å²) in [4.78, 5) is 24.1. The van der Waals surface area contributed by atoms with Crippen LogP contribution in [-0.4, -0.2) is 50.6 Å². The molecule has 2 amide bonds. The Bertz CT molecular complexity index is 811. The molecule has 27 heavy (non-hydrogen) atoms. The third-order valence-electron chi connectivity index (χ3n) is 3.19. The van der Waals surface area contributed by atoms with Crippen molar-refractivity contribution in [3.63, 3.8) is 0 Å². The van der Waals surface area contributed by atoms with Crippen LogP contribution in [0.5, 0.6) is 5.75 Å². The molecule has 0 aliphatic carbocycles. The fourth-order valence-corrected chi connectivity index (χ4v) is 2.07. The van der Waals surface area contributed by atoms with Crippen molar-refractivity contribution in [2.75, 3.05) is 48.6 Å². The number of carbonyl (C=O) groups excluding carboxylic acids is 1. The van der Waals surface area contributed by atoms with Gasteiger partial charge in [-0.25, -0.2) is 9.78 Å². The maximum atomic E-state index is 12.5. The highest BCUT2D eigenvalue weighted by Crippen LogP contribution is 2.30. The highest BCUT2D eigenvalue weighted by molar-refractivity contribution is 6.02. The fourth-order valence-electron chi connectivity index (χ4n) is 2.07. The smallest absolute Gasteiger partial charge is 0.404 e. The number of nitrogens with one attached hydrogen (secondary N) is 2. The quantitative estimate of drug-likeness (QED) is 0.824. The maximum absolute atomic E-state index is 12.5. The summed E-state index contributed by atoms with van der Waals surface area (Å²) in [5.74, 6) is 0.351. The van der Waals surface area contributed by atoms with E-state index < -0.39 is 18.1 Å². The Balaban J connectivity index is 2.20. The standard InChI is InChI=1S/C16H19F3N6O2/c1-24(2)13-11(9-20-14(23-13)25(3)4)22-15(26)21-10-7-5-6-8-12(10)27-16(17,18)19/h5-9H,1-4H3,(H2,21,22,26). The molecule has 0 aliphatic rings. The Morgan fingerprint density at radius 3 is 2.26 bits per heavy atom. The van der Waals surface area contributed by atoms with Gasteiger partial charge in [-0.2, -0.15) is 4.98 Å². The molecule has 0 radical (unpaired) electrons. The van der Waals surface area contributed by atoms with E-state index in [1.54, 1.807) is 38.0 Å². The van der Waals surface area contributed by atoms with Crippen LogP contribution in [0.25, 0.3) is 0 Å². The summed E-state index contributed by atoms with van der Waals surface area (Å²) in [5, 5.41) is 4.85. The van der Waals surface area contributed by atoms with Gasteiger partial charge in [0.25, 0.3) is 0 Å². The average molecular weight is 384 g/mol. The highest BCUT2D eigenvalue weighted by atomic mass is 19.4. The van der Waals surface area contributed by atoms with Crippen molar-refractivity contribution < 1.29 is 22.7 Å². The molecular weight excluding hydrogens is 365 g/mol. The molecule has 0 saturated heterocycles.